The quantitative estimate of drug-likeness (QED) is 0.872. The third-order valence-electron chi connectivity index (χ3n) is 3.77. The van der Waals surface area contributed by atoms with Crippen molar-refractivity contribution in [3.8, 4) is 0 Å². The fourth-order valence-corrected chi connectivity index (χ4v) is 2.74. The zero-order valence-electron chi connectivity index (χ0n) is 11.6. The third kappa shape index (κ3) is 3.07. The summed E-state index contributed by atoms with van der Waals surface area (Å²) in [6.45, 7) is 3.44. The molecule has 2 atom stereocenters. The molecule has 4 heteroatoms. The second kappa shape index (κ2) is 6.06. The maximum absolute atomic E-state index is 11.8. The number of piperidine rings is 1. The van der Waals surface area contributed by atoms with E-state index in [1.54, 1.807) is 14.0 Å². The van der Waals surface area contributed by atoms with Crippen LogP contribution in [0.3, 0.4) is 0 Å². The fraction of sp³-hybridized carbons (Fsp3) is 0.533. The van der Waals surface area contributed by atoms with Gasteiger partial charge in [0, 0.05) is 31.4 Å². The molecule has 0 radical (unpaired) electrons. The summed E-state index contributed by atoms with van der Waals surface area (Å²) in [6.07, 6.45) is 1.45. The summed E-state index contributed by atoms with van der Waals surface area (Å²) in [5.74, 6) is 0.153. The van der Waals surface area contributed by atoms with Crippen molar-refractivity contribution in [1.82, 2.24) is 5.32 Å². The van der Waals surface area contributed by atoms with Crippen LogP contribution in [0.5, 0.6) is 0 Å². The Bertz CT molecular complexity index is 446. The van der Waals surface area contributed by atoms with Crippen molar-refractivity contribution in [3.63, 3.8) is 0 Å². The van der Waals surface area contributed by atoms with Crippen LogP contribution in [0.25, 0.3) is 0 Å². The lowest BCUT2D eigenvalue weighted by atomic mass is 9.95. The second-order valence-corrected chi connectivity index (χ2v) is 5.13. The molecule has 0 aromatic heterocycles. The normalized spacial score (nSPS) is 21.0. The van der Waals surface area contributed by atoms with Crippen molar-refractivity contribution in [2.24, 2.45) is 5.92 Å². The molecular formula is C15H22N2O2. The van der Waals surface area contributed by atoms with Gasteiger partial charge in [0.25, 0.3) is 0 Å². The van der Waals surface area contributed by atoms with E-state index in [-0.39, 0.29) is 11.8 Å². The molecule has 1 heterocycles. The van der Waals surface area contributed by atoms with Gasteiger partial charge in [-0.2, -0.15) is 0 Å². The molecule has 19 heavy (non-hydrogen) atoms. The number of hydrogen-bond donors (Lipinski definition) is 2. The van der Waals surface area contributed by atoms with E-state index in [0.717, 1.165) is 37.2 Å². The van der Waals surface area contributed by atoms with Gasteiger partial charge < -0.3 is 15.3 Å². The molecule has 104 valence electrons. The highest BCUT2D eigenvalue weighted by Crippen LogP contribution is 2.29. The van der Waals surface area contributed by atoms with E-state index in [0.29, 0.717) is 0 Å². The van der Waals surface area contributed by atoms with Gasteiger partial charge >= 0.3 is 0 Å². The Morgan fingerprint density at radius 1 is 1.47 bits per heavy atom. The Hall–Kier alpha value is -1.55. The first-order chi connectivity index (χ1) is 9.13. The number of aliphatic hydroxyl groups excluding tert-OH is 1. The average molecular weight is 262 g/mol. The van der Waals surface area contributed by atoms with Crippen LogP contribution in [0.15, 0.2) is 24.3 Å². The highest BCUT2D eigenvalue weighted by Gasteiger charge is 2.26. The Kier molecular flexibility index (Phi) is 4.43. The van der Waals surface area contributed by atoms with E-state index in [4.69, 9.17) is 0 Å². The predicted octanol–water partition coefficient (Wildman–Crippen LogP) is 1.70. The van der Waals surface area contributed by atoms with Crippen molar-refractivity contribution in [1.29, 1.82) is 0 Å². The first kappa shape index (κ1) is 13.9. The first-order valence-corrected chi connectivity index (χ1v) is 6.87. The van der Waals surface area contributed by atoms with Crippen molar-refractivity contribution < 1.29 is 9.90 Å². The van der Waals surface area contributed by atoms with Gasteiger partial charge in [-0.3, -0.25) is 4.79 Å². The molecule has 0 spiro atoms. The molecular weight excluding hydrogens is 240 g/mol. The largest absolute Gasteiger partial charge is 0.389 e. The number of anilines is 1. The van der Waals surface area contributed by atoms with Gasteiger partial charge in [0.1, 0.15) is 0 Å². The summed E-state index contributed by atoms with van der Waals surface area (Å²) in [6, 6.07) is 7.88. The van der Waals surface area contributed by atoms with E-state index < -0.39 is 6.10 Å². The smallest absolute Gasteiger partial charge is 0.224 e. The topological polar surface area (TPSA) is 52.6 Å². The maximum Gasteiger partial charge on any atom is 0.224 e. The second-order valence-electron chi connectivity index (χ2n) is 5.13. The number of amides is 1. The minimum Gasteiger partial charge on any atom is -0.389 e. The summed E-state index contributed by atoms with van der Waals surface area (Å²) in [5.41, 5.74) is 1.98. The Morgan fingerprint density at radius 3 is 2.89 bits per heavy atom. The van der Waals surface area contributed by atoms with Gasteiger partial charge in [0.2, 0.25) is 5.91 Å². The number of carbonyl (C=O) groups is 1. The van der Waals surface area contributed by atoms with Crippen LogP contribution < -0.4 is 10.2 Å². The van der Waals surface area contributed by atoms with Gasteiger partial charge in [0.05, 0.1) is 12.0 Å². The number of rotatable bonds is 3. The standard InChI is InChI=1S/C15H22N2O2/c1-11(18)13-7-3-4-8-14(13)17-9-5-6-12(10-17)15(19)16-2/h3-4,7-8,11-12,18H,5-6,9-10H2,1-2H3,(H,16,19). The molecule has 1 amide bonds. The van der Waals surface area contributed by atoms with E-state index in [1.165, 1.54) is 0 Å². The molecule has 1 aromatic rings. The fourth-order valence-electron chi connectivity index (χ4n) is 2.74. The van der Waals surface area contributed by atoms with Crippen LogP contribution in [-0.4, -0.2) is 31.2 Å². The van der Waals surface area contributed by atoms with E-state index in [1.807, 2.05) is 24.3 Å². The zero-order chi connectivity index (χ0) is 13.8. The van der Waals surface area contributed by atoms with E-state index in [9.17, 15) is 9.90 Å². The van der Waals surface area contributed by atoms with E-state index >= 15 is 0 Å². The lowest BCUT2D eigenvalue weighted by molar-refractivity contribution is -0.124. The molecule has 0 saturated carbocycles. The monoisotopic (exact) mass is 262 g/mol. The molecule has 2 unspecified atom stereocenters. The summed E-state index contributed by atoms with van der Waals surface area (Å²) in [4.78, 5) is 14.0. The average Bonchev–Trinajstić information content (AvgIpc) is 2.46. The number of para-hydroxylation sites is 1. The molecule has 0 bridgehead atoms. The highest BCUT2D eigenvalue weighted by atomic mass is 16.3. The lowest BCUT2D eigenvalue weighted by Gasteiger charge is -2.35. The number of aliphatic hydroxyl groups is 1. The minimum absolute atomic E-state index is 0.0424. The lowest BCUT2D eigenvalue weighted by Crippen LogP contribution is -2.42. The molecule has 2 N–H and O–H groups in total. The Labute approximate surface area is 114 Å². The molecule has 1 aromatic carbocycles. The third-order valence-corrected chi connectivity index (χ3v) is 3.77. The van der Waals surface area contributed by atoms with Crippen molar-refractivity contribution in [2.45, 2.75) is 25.9 Å². The van der Waals surface area contributed by atoms with Gasteiger partial charge in [0.15, 0.2) is 0 Å². The SMILES string of the molecule is CNC(=O)C1CCCN(c2ccccc2C(C)O)C1. The minimum atomic E-state index is -0.489. The van der Waals surface area contributed by atoms with Crippen LogP contribution in [0.4, 0.5) is 5.69 Å². The van der Waals surface area contributed by atoms with Crippen molar-refractivity contribution in [2.75, 3.05) is 25.0 Å². The molecule has 1 saturated heterocycles. The summed E-state index contributed by atoms with van der Waals surface area (Å²) in [5, 5.41) is 12.6. The number of hydrogen-bond acceptors (Lipinski definition) is 3. The van der Waals surface area contributed by atoms with E-state index in [2.05, 4.69) is 10.2 Å². The summed E-state index contributed by atoms with van der Waals surface area (Å²) in [7, 11) is 1.69. The summed E-state index contributed by atoms with van der Waals surface area (Å²) < 4.78 is 0. The van der Waals surface area contributed by atoms with Crippen molar-refractivity contribution >= 4 is 11.6 Å². The van der Waals surface area contributed by atoms with Gasteiger partial charge in [-0.15, -0.1) is 0 Å². The zero-order valence-corrected chi connectivity index (χ0v) is 11.6. The predicted molar refractivity (Wildman–Crippen MR) is 76.1 cm³/mol. The van der Waals surface area contributed by atoms with Gasteiger partial charge in [-0.1, -0.05) is 18.2 Å². The molecule has 1 aliphatic heterocycles. The molecule has 1 fully saturated rings. The van der Waals surface area contributed by atoms with Crippen LogP contribution >= 0.6 is 0 Å². The number of benzene rings is 1. The molecule has 1 aliphatic rings. The summed E-state index contributed by atoms with van der Waals surface area (Å²) >= 11 is 0. The Balaban J connectivity index is 2.20. The maximum atomic E-state index is 11.8. The number of nitrogens with one attached hydrogen (secondary N) is 1. The van der Waals surface area contributed by atoms with Gasteiger partial charge in [-0.25, -0.2) is 0 Å². The molecule has 2 rings (SSSR count). The van der Waals surface area contributed by atoms with Crippen LogP contribution in [-0.2, 0) is 4.79 Å². The van der Waals surface area contributed by atoms with Crippen LogP contribution in [0, 0.1) is 5.92 Å². The molecule has 0 aliphatic carbocycles. The van der Waals surface area contributed by atoms with Gasteiger partial charge in [-0.05, 0) is 25.8 Å². The highest BCUT2D eigenvalue weighted by molar-refractivity contribution is 5.79. The van der Waals surface area contributed by atoms with Crippen LogP contribution in [0.1, 0.15) is 31.4 Å². The Morgan fingerprint density at radius 2 is 2.21 bits per heavy atom. The first-order valence-electron chi connectivity index (χ1n) is 6.87. The van der Waals surface area contributed by atoms with Crippen molar-refractivity contribution in [3.05, 3.63) is 29.8 Å². The molecule has 4 nitrogen and oxygen atoms in total. The number of carbonyl (C=O) groups excluding carboxylic acids is 1. The van der Waals surface area contributed by atoms with Crippen LogP contribution in [0.2, 0.25) is 0 Å². The number of nitrogens with zero attached hydrogens (tertiary/aromatic N) is 1.